The molecule has 5 nitrogen and oxygen atoms in total. The molecule has 0 N–H and O–H groups in total. The van der Waals surface area contributed by atoms with E-state index in [9.17, 15) is 9.59 Å². The lowest BCUT2D eigenvalue weighted by molar-refractivity contribution is -0.123. The molecule has 3 fully saturated rings. The van der Waals surface area contributed by atoms with Gasteiger partial charge in [0.1, 0.15) is 5.76 Å². The van der Waals surface area contributed by atoms with Crippen LogP contribution in [0.4, 0.5) is 10.7 Å². The van der Waals surface area contributed by atoms with Crippen molar-refractivity contribution in [2.45, 2.75) is 51.4 Å². The van der Waals surface area contributed by atoms with Crippen LogP contribution >= 0.6 is 11.8 Å². The van der Waals surface area contributed by atoms with E-state index in [-0.39, 0.29) is 11.1 Å². The van der Waals surface area contributed by atoms with Gasteiger partial charge in [-0.3, -0.25) is 14.5 Å². The number of hydrogen-bond donors (Lipinski definition) is 0. The summed E-state index contributed by atoms with van der Waals surface area (Å²) < 4.78 is 5.91. The molecule has 1 aliphatic carbocycles. The number of thioether (sulfide) groups is 1. The van der Waals surface area contributed by atoms with Crippen molar-refractivity contribution >= 4 is 34.9 Å². The van der Waals surface area contributed by atoms with E-state index < -0.39 is 0 Å². The number of amides is 2. The molecule has 2 saturated heterocycles. The summed E-state index contributed by atoms with van der Waals surface area (Å²) >= 11 is 1.03. The van der Waals surface area contributed by atoms with Crippen molar-refractivity contribution in [1.82, 2.24) is 4.90 Å². The van der Waals surface area contributed by atoms with Crippen LogP contribution in [0.15, 0.2) is 21.5 Å². The summed E-state index contributed by atoms with van der Waals surface area (Å²) in [5.74, 6) is 1.80. The summed E-state index contributed by atoms with van der Waals surface area (Å²) in [6, 6.07) is 3.85. The van der Waals surface area contributed by atoms with Crippen LogP contribution in [0.3, 0.4) is 0 Å². The van der Waals surface area contributed by atoms with Gasteiger partial charge in [-0.05, 0) is 55.9 Å². The van der Waals surface area contributed by atoms with Gasteiger partial charge in [0.25, 0.3) is 11.1 Å². The predicted molar refractivity (Wildman–Crippen MR) is 104 cm³/mol. The second kappa shape index (κ2) is 7.91. The number of imide groups is 1. The van der Waals surface area contributed by atoms with E-state index >= 15 is 0 Å². The van der Waals surface area contributed by atoms with Gasteiger partial charge in [-0.15, -0.1) is 0 Å². The molecule has 3 heterocycles. The maximum Gasteiger partial charge on any atom is 0.293 e. The van der Waals surface area contributed by atoms with E-state index in [4.69, 9.17) is 4.42 Å². The molecular formula is C20H26N2O3S. The Balaban J connectivity index is 1.43. The number of hydrogen-bond acceptors (Lipinski definition) is 5. The fraction of sp³-hybridized carbons (Fsp3) is 0.600. The number of rotatable bonds is 4. The quantitative estimate of drug-likeness (QED) is 0.703. The molecule has 2 aliphatic heterocycles. The molecule has 4 rings (SSSR count). The molecule has 0 radical (unpaired) electrons. The lowest BCUT2D eigenvalue weighted by Gasteiger charge is -2.25. The molecule has 1 saturated carbocycles. The molecule has 140 valence electrons. The summed E-state index contributed by atoms with van der Waals surface area (Å²) in [6.45, 7) is 2.61. The van der Waals surface area contributed by atoms with Crippen molar-refractivity contribution < 1.29 is 14.0 Å². The van der Waals surface area contributed by atoms with Crippen molar-refractivity contribution in [3.63, 3.8) is 0 Å². The van der Waals surface area contributed by atoms with Crippen LogP contribution < -0.4 is 4.90 Å². The molecule has 26 heavy (non-hydrogen) atoms. The number of furan rings is 1. The van der Waals surface area contributed by atoms with Gasteiger partial charge in [0.05, 0.1) is 4.91 Å². The minimum atomic E-state index is -0.165. The third-order valence-corrected chi connectivity index (χ3v) is 6.50. The predicted octanol–water partition coefficient (Wildman–Crippen LogP) is 4.89. The van der Waals surface area contributed by atoms with Gasteiger partial charge in [0.2, 0.25) is 0 Å². The molecule has 0 atom stereocenters. The average Bonchev–Trinajstić information content (AvgIpc) is 3.24. The maximum absolute atomic E-state index is 12.7. The highest BCUT2D eigenvalue weighted by Crippen LogP contribution is 2.35. The monoisotopic (exact) mass is 374 g/mol. The van der Waals surface area contributed by atoms with E-state index in [1.54, 1.807) is 6.08 Å². The van der Waals surface area contributed by atoms with Crippen LogP contribution in [0, 0.1) is 5.92 Å². The van der Waals surface area contributed by atoms with E-state index in [2.05, 4.69) is 4.90 Å². The summed E-state index contributed by atoms with van der Waals surface area (Å²) in [5.41, 5.74) is 0. The Labute approximate surface area is 158 Å². The molecule has 0 unspecified atom stereocenters. The second-order valence-electron chi connectivity index (χ2n) is 7.52. The first-order valence-electron chi connectivity index (χ1n) is 9.81. The molecule has 0 spiro atoms. The Hall–Kier alpha value is -1.69. The molecule has 2 amide bonds. The SMILES string of the molecule is O=C1S/C(=C/c2ccc(N3CCCCC3)o2)C(=O)N1CC1CCCCC1. The Morgan fingerprint density at radius 2 is 1.77 bits per heavy atom. The van der Waals surface area contributed by atoms with Crippen LogP contribution in [0.2, 0.25) is 0 Å². The number of nitrogens with zero attached hydrogens (tertiary/aromatic N) is 2. The van der Waals surface area contributed by atoms with Crippen molar-refractivity contribution in [2.24, 2.45) is 5.92 Å². The smallest absolute Gasteiger partial charge is 0.293 e. The van der Waals surface area contributed by atoms with Gasteiger partial charge in [0.15, 0.2) is 5.88 Å². The second-order valence-corrected chi connectivity index (χ2v) is 8.51. The topological polar surface area (TPSA) is 53.8 Å². The Bertz CT molecular complexity index is 700. The zero-order chi connectivity index (χ0) is 17.9. The summed E-state index contributed by atoms with van der Waals surface area (Å²) in [6.07, 6.45) is 11.3. The van der Waals surface area contributed by atoms with Gasteiger partial charge in [0, 0.05) is 31.8 Å². The number of anilines is 1. The van der Waals surface area contributed by atoms with Gasteiger partial charge in [-0.1, -0.05) is 19.3 Å². The highest BCUT2D eigenvalue weighted by molar-refractivity contribution is 8.18. The number of piperidine rings is 1. The Morgan fingerprint density at radius 3 is 2.54 bits per heavy atom. The number of carbonyl (C=O) groups is 2. The van der Waals surface area contributed by atoms with Crippen molar-refractivity contribution in [1.29, 1.82) is 0 Å². The van der Waals surface area contributed by atoms with Gasteiger partial charge < -0.3 is 9.32 Å². The largest absolute Gasteiger partial charge is 0.441 e. The van der Waals surface area contributed by atoms with Crippen LogP contribution in [0.5, 0.6) is 0 Å². The maximum atomic E-state index is 12.7. The van der Waals surface area contributed by atoms with Crippen LogP contribution in [-0.2, 0) is 4.79 Å². The first kappa shape index (κ1) is 17.7. The number of carbonyl (C=O) groups excluding carboxylic acids is 2. The van der Waals surface area contributed by atoms with Crippen LogP contribution in [-0.4, -0.2) is 35.7 Å². The van der Waals surface area contributed by atoms with E-state index in [1.807, 2.05) is 12.1 Å². The fourth-order valence-electron chi connectivity index (χ4n) is 4.12. The molecule has 3 aliphatic rings. The third kappa shape index (κ3) is 3.85. The van der Waals surface area contributed by atoms with Crippen molar-refractivity contribution in [3.8, 4) is 0 Å². The molecule has 1 aromatic rings. The minimum absolute atomic E-state index is 0.144. The highest BCUT2D eigenvalue weighted by atomic mass is 32.2. The standard InChI is InChI=1S/C20H26N2O3S/c23-19-17(26-20(24)22(19)14-15-7-3-1-4-8-15)13-16-9-10-18(25-16)21-11-5-2-6-12-21/h9-10,13,15H,1-8,11-12,14H2/b17-13+. The molecular weight excluding hydrogens is 348 g/mol. The van der Waals surface area contributed by atoms with E-state index in [0.717, 1.165) is 43.6 Å². The highest BCUT2D eigenvalue weighted by Gasteiger charge is 2.36. The minimum Gasteiger partial charge on any atom is -0.441 e. The molecule has 1 aromatic heterocycles. The average molecular weight is 375 g/mol. The first-order valence-corrected chi connectivity index (χ1v) is 10.6. The Morgan fingerprint density at radius 1 is 1.04 bits per heavy atom. The third-order valence-electron chi connectivity index (χ3n) is 5.59. The zero-order valence-electron chi connectivity index (χ0n) is 15.1. The van der Waals surface area contributed by atoms with Gasteiger partial charge >= 0.3 is 0 Å². The fourth-order valence-corrected chi connectivity index (χ4v) is 4.95. The summed E-state index contributed by atoms with van der Waals surface area (Å²) in [5, 5.41) is -0.144. The van der Waals surface area contributed by atoms with Crippen molar-refractivity contribution in [3.05, 3.63) is 22.8 Å². The summed E-state index contributed by atoms with van der Waals surface area (Å²) in [7, 11) is 0. The lowest BCUT2D eigenvalue weighted by Crippen LogP contribution is -2.34. The Kier molecular flexibility index (Phi) is 5.38. The van der Waals surface area contributed by atoms with E-state index in [1.165, 1.54) is 43.4 Å². The first-order chi connectivity index (χ1) is 12.7. The van der Waals surface area contributed by atoms with Crippen LogP contribution in [0.25, 0.3) is 6.08 Å². The lowest BCUT2D eigenvalue weighted by atomic mass is 9.89. The van der Waals surface area contributed by atoms with Gasteiger partial charge in [-0.2, -0.15) is 0 Å². The normalized spacial score (nSPS) is 24.1. The summed E-state index contributed by atoms with van der Waals surface area (Å²) in [4.78, 5) is 29.1. The molecule has 6 heteroatoms. The zero-order valence-corrected chi connectivity index (χ0v) is 15.9. The van der Waals surface area contributed by atoms with Gasteiger partial charge in [-0.25, -0.2) is 0 Å². The van der Waals surface area contributed by atoms with Crippen molar-refractivity contribution in [2.75, 3.05) is 24.5 Å². The molecule has 0 aromatic carbocycles. The molecule has 0 bridgehead atoms. The van der Waals surface area contributed by atoms with E-state index in [0.29, 0.717) is 23.1 Å². The van der Waals surface area contributed by atoms with Crippen LogP contribution in [0.1, 0.15) is 57.1 Å².